The zero-order chi connectivity index (χ0) is 41.1. The maximum Gasteiger partial charge on any atom is 0.191 e. The van der Waals surface area contributed by atoms with E-state index in [1.807, 2.05) is 54.1 Å². The Morgan fingerprint density at radius 3 is 1.60 bits per heavy atom. The lowest BCUT2D eigenvalue weighted by Crippen LogP contribution is -2.07. The van der Waals surface area contributed by atoms with Crippen LogP contribution in [-0.4, -0.2) is 70.0 Å². The smallest absolute Gasteiger partial charge is 0.191 e. The van der Waals surface area contributed by atoms with E-state index in [2.05, 4.69) is 106 Å². The Hall–Kier alpha value is -4.65. The van der Waals surface area contributed by atoms with E-state index in [-0.39, 0.29) is 5.78 Å². The van der Waals surface area contributed by atoms with Gasteiger partial charge in [-0.05, 0) is 97.9 Å². The molecule has 0 N–H and O–H groups in total. The van der Waals surface area contributed by atoms with Crippen molar-refractivity contribution in [3.05, 3.63) is 120 Å². The molecule has 0 aliphatic carbocycles. The number of aryl methyl sites for hydroxylation is 1. The molecular weight excluding hydrogens is 761 g/mol. The molecule has 0 bridgehead atoms. The molecule has 2 aromatic carbocycles. The van der Waals surface area contributed by atoms with Crippen LogP contribution >= 0.6 is 23.5 Å². The highest BCUT2D eigenvalue weighted by molar-refractivity contribution is 7.99. The van der Waals surface area contributed by atoms with E-state index in [0.717, 1.165) is 83.5 Å². The van der Waals surface area contributed by atoms with Gasteiger partial charge in [0.25, 0.3) is 0 Å². The third-order valence-electron chi connectivity index (χ3n) is 9.63. The number of pyridine rings is 2. The molecular formula is C46H58N8O2S2. The van der Waals surface area contributed by atoms with E-state index in [1.54, 1.807) is 30.4 Å². The normalized spacial score (nSPS) is 12.3. The second kappa shape index (κ2) is 23.7. The molecule has 306 valence electrons. The number of carbonyl (C=O) groups is 1. The van der Waals surface area contributed by atoms with E-state index in [9.17, 15) is 4.79 Å². The Bertz CT molecular complexity index is 2070. The molecule has 0 spiro atoms. The second-order valence-corrected chi connectivity index (χ2v) is 16.7. The van der Waals surface area contributed by atoms with Crippen LogP contribution in [-0.2, 0) is 35.5 Å². The summed E-state index contributed by atoms with van der Waals surface area (Å²) < 4.78 is 9.13. The number of thioether (sulfide) groups is 2. The molecule has 1 saturated heterocycles. The highest BCUT2D eigenvalue weighted by Crippen LogP contribution is 2.26. The van der Waals surface area contributed by atoms with Crippen LogP contribution in [0, 0.1) is 0 Å². The number of ether oxygens (including phenoxy) is 1. The van der Waals surface area contributed by atoms with Crippen LogP contribution in [0.3, 0.4) is 0 Å². The second-order valence-electron chi connectivity index (χ2n) is 14.7. The molecule has 4 aromatic heterocycles. The SMILES string of the molecule is C1CCOC1.CCn1c(SCC(=O)Cc2ccc(C(C)C)cc2)nnc1-c1cccnc1.CCn1c(SCCCc2ccc(C(C)C)cc2)nnc1-c1cccnc1. The summed E-state index contributed by atoms with van der Waals surface area (Å²) in [5.74, 6) is 4.38. The van der Waals surface area contributed by atoms with Gasteiger partial charge in [0.2, 0.25) is 0 Å². The van der Waals surface area contributed by atoms with Crippen LogP contribution < -0.4 is 0 Å². The monoisotopic (exact) mass is 818 g/mol. The van der Waals surface area contributed by atoms with Crippen molar-refractivity contribution in [1.82, 2.24) is 39.5 Å². The lowest BCUT2D eigenvalue weighted by Gasteiger charge is -2.08. The maximum absolute atomic E-state index is 12.4. The summed E-state index contributed by atoms with van der Waals surface area (Å²) in [6.07, 6.45) is 12.4. The minimum atomic E-state index is 0.186. The van der Waals surface area contributed by atoms with Gasteiger partial charge in [-0.2, -0.15) is 0 Å². The molecule has 58 heavy (non-hydrogen) atoms. The Labute approximate surface area is 353 Å². The predicted octanol–water partition coefficient (Wildman–Crippen LogP) is 10.4. The summed E-state index contributed by atoms with van der Waals surface area (Å²) in [6.45, 7) is 16.6. The lowest BCUT2D eigenvalue weighted by molar-refractivity contribution is -0.116. The minimum Gasteiger partial charge on any atom is -0.381 e. The number of Topliss-reactive ketones (excluding diaryl/α,β-unsaturated/α-hetero) is 1. The van der Waals surface area contributed by atoms with E-state index < -0.39 is 0 Å². The average molecular weight is 819 g/mol. The molecule has 7 rings (SSSR count). The zero-order valence-corrected chi connectivity index (χ0v) is 36.5. The standard InChI is InChI=1S/C21H24N4OS.C21H26N4S.C4H8O/c1-4-25-20(18-6-5-11-22-13-18)23-24-21(25)27-14-19(26)12-16-7-9-17(10-8-16)15(2)3;1-4-25-20(19-8-5-13-22-15-19)23-24-21(25)26-14-6-7-17-9-11-18(12-10-17)16(2)3;1-2-4-5-3-1/h5-11,13,15H,4,12,14H2,1-3H3;5,8-13,15-16H,4,6-7,14H2,1-3H3;1-4H2. The molecule has 0 amide bonds. The number of nitrogens with zero attached hydrogens (tertiary/aromatic N) is 8. The number of rotatable bonds is 16. The van der Waals surface area contributed by atoms with Crippen LogP contribution in [0.25, 0.3) is 22.8 Å². The molecule has 0 saturated carbocycles. The number of aromatic nitrogens is 8. The maximum atomic E-state index is 12.4. The van der Waals surface area contributed by atoms with Crippen molar-refractivity contribution in [1.29, 1.82) is 0 Å². The van der Waals surface area contributed by atoms with Crippen molar-refractivity contribution >= 4 is 29.3 Å². The summed E-state index contributed by atoms with van der Waals surface area (Å²) in [4.78, 5) is 20.7. The van der Waals surface area contributed by atoms with Gasteiger partial charge >= 0.3 is 0 Å². The first kappa shape index (κ1) is 44.5. The Kier molecular flexibility index (Phi) is 18.1. The fraction of sp³-hybridized carbons (Fsp3) is 0.413. The number of carbonyl (C=O) groups excluding carboxylic acids is 1. The predicted molar refractivity (Wildman–Crippen MR) is 237 cm³/mol. The van der Waals surface area contributed by atoms with E-state index >= 15 is 0 Å². The van der Waals surface area contributed by atoms with Gasteiger partial charge in [-0.3, -0.25) is 14.8 Å². The molecule has 0 unspecified atom stereocenters. The fourth-order valence-corrected chi connectivity index (χ4v) is 8.04. The third-order valence-corrected chi connectivity index (χ3v) is 11.7. The molecule has 0 atom stereocenters. The van der Waals surface area contributed by atoms with E-state index in [4.69, 9.17) is 4.74 Å². The molecule has 1 aliphatic rings. The quantitative estimate of drug-likeness (QED) is 0.0691. The molecule has 12 heteroatoms. The van der Waals surface area contributed by atoms with Crippen molar-refractivity contribution in [3.63, 3.8) is 0 Å². The summed E-state index contributed by atoms with van der Waals surface area (Å²) in [6, 6.07) is 25.1. The van der Waals surface area contributed by atoms with Crippen LogP contribution in [0.15, 0.2) is 108 Å². The number of hydrogen-bond acceptors (Lipinski definition) is 10. The topological polar surface area (TPSA) is 114 Å². The fourth-order valence-electron chi connectivity index (χ4n) is 6.24. The molecule has 0 radical (unpaired) electrons. The Morgan fingerprint density at radius 1 is 0.672 bits per heavy atom. The Balaban J connectivity index is 0.000000197. The van der Waals surface area contributed by atoms with Crippen molar-refractivity contribution in [3.8, 4) is 22.8 Å². The van der Waals surface area contributed by atoms with Crippen LogP contribution in [0.4, 0.5) is 0 Å². The highest BCUT2D eigenvalue weighted by Gasteiger charge is 2.16. The number of benzene rings is 2. The van der Waals surface area contributed by atoms with Gasteiger partial charge in [0.1, 0.15) is 5.78 Å². The van der Waals surface area contributed by atoms with Crippen LogP contribution in [0.5, 0.6) is 0 Å². The van der Waals surface area contributed by atoms with Crippen molar-refractivity contribution in [2.75, 3.05) is 24.7 Å². The van der Waals surface area contributed by atoms with Gasteiger partial charge in [0, 0.05) is 74.4 Å². The summed E-state index contributed by atoms with van der Waals surface area (Å²) in [5, 5.41) is 19.1. The summed E-state index contributed by atoms with van der Waals surface area (Å²) >= 11 is 3.23. The minimum absolute atomic E-state index is 0.186. The third kappa shape index (κ3) is 13.5. The van der Waals surface area contributed by atoms with Crippen molar-refractivity contribution in [2.24, 2.45) is 0 Å². The van der Waals surface area contributed by atoms with E-state index in [1.165, 1.54) is 41.3 Å². The molecule has 6 aromatic rings. The van der Waals surface area contributed by atoms with Crippen molar-refractivity contribution in [2.45, 2.75) is 109 Å². The number of hydrogen-bond donors (Lipinski definition) is 0. The highest BCUT2D eigenvalue weighted by atomic mass is 32.2. The molecule has 1 fully saturated rings. The van der Waals surface area contributed by atoms with Gasteiger partial charge in [0.15, 0.2) is 22.0 Å². The summed E-state index contributed by atoms with van der Waals surface area (Å²) in [5.41, 5.74) is 7.09. The Morgan fingerprint density at radius 2 is 1.17 bits per heavy atom. The zero-order valence-electron chi connectivity index (χ0n) is 34.9. The van der Waals surface area contributed by atoms with Crippen molar-refractivity contribution < 1.29 is 9.53 Å². The first-order chi connectivity index (χ1) is 28.3. The van der Waals surface area contributed by atoms with Gasteiger partial charge in [0.05, 0.1) is 5.75 Å². The average Bonchev–Trinajstić information content (AvgIpc) is 4.06. The first-order valence-electron chi connectivity index (χ1n) is 20.5. The van der Waals surface area contributed by atoms with Gasteiger partial charge in [-0.25, -0.2) is 0 Å². The molecule has 1 aliphatic heterocycles. The first-order valence-corrected chi connectivity index (χ1v) is 22.4. The van der Waals surface area contributed by atoms with Crippen LogP contribution in [0.2, 0.25) is 0 Å². The van der Waals surface area contributed by atoms with Gasteiger partial charge in [-0.15, -0.1) is 20.4 Å². The van der Waals surface area contributed by atoms with Gasteiger partial charge < -0.3 is 13.9 Å². The molecule has 5 heterocycles. The largest absolute Gasteiger partial charge is 0.381 e. The molecule has 10 nitrogen and oxygen atoms in total. The number of ketones is 1. The van der Waals surface area contributed by atoms with Crippen LogP contribution in [0.1, 0.15) is 94.9 Å². The van der Waals surface area contributed by atoms with Gasteiger partial charge in [-0.1, -0.05) is 99.7 Å². The van der Waals surface area contributed by atoms with E-state index in [0.29, 0.717) is 24.0 Å². The summed E-state index contributed by atoms with van der Waals surface area (Å²) in [7, 11) is 0. The lowest BCUT2D eigenvalue weighted by atomic mass is 10.0.